The lowest BCUT2D eigenvalue weighted by Crippen LogP contribution is -2.21. The van der Waals surface area contributed by atoms with Crippen LogP contribution in [0.3, 0.4) is 0 Å². The van der Waals surface area contributed by atoms with Crippen molar-refractivity contribution < 1.29 is 18.7 Å². The molecule has 4 unspecified atom stereocenters. The summed E-state index contributed by atoms with van der Waals surface area (Å²) in [4.78, 5) is 22.3. The van der Waals surface area contributed by atoms with Gasteiger partial charge in [-0.15, -0.1) is 0 Å². The van der Waals surface area contributed by atoms with Crippen molar-refractivity contribution in [2.24, 2.45) is 23.7 Å². The van der Waals surface area contributed by atoms with E-state index in [-0.39, 0.29) is 0 Å². The number of rotatable bonds is 0. The Balaban J connectivity index is 2.09. The van der Waals surface area contributed by atoms with E-state index in [1.165, 1.54) is 0 Å². The quantitative estimate of drug-likeness (QED) is 0.310. The van der Waals surface area contributed by atoms with Crippen LogP contribution in [0.4, 0.5) is 4.39 Å². The maximum atomic E-state index is 13.4. The molecule has 0 amide bonds. The zero-order valence-electron chi connectivity index (χ0n) is 6.64. The van der Waals surface area contributed by atoms with Crippen LogP contribution in [0.2, 0.25) is 0 Å². The van der Waals surface area contributed by atoms with Crippen LogP contribution in [0.1, 0.15) is 0 Å². The Kier molecular flexibility index (Phi) is 1.11. The molecule has 3 aliphatic rings. The molecule has 1 aliphatic heterocycles. The van der Waals surface area contributed by atoms with Gasteiger partial charge in [0.2, 0.25) is 0 Å². The summed E-state index contributed by atoms with van der Waals surface area (Å²) in [6.45, 7) is 0. The lowest BCUT2D eigenvalue weighted by molar-refractivity contribution is -0.155. The second-order valence-corrected chi connectivity index (χ2v) is 3.78. The van der Waals surface area contributed by atoms with E-state index in [2.05, 4.69) is 4.74 Å². The van der Waals surface area contributed by atoms with Crippen LogP contribution in [0, 0.1) is 23.7 Å². The van der Waals surface area contributed by atoms with E-state index in [0.29, 0.717) is 0 Å². The van der Waals surface area contributed by atoms with Crippen molar-refractivity contribution in [2.75, 3.05) is 0 Å². The van der Waals surface area contributed by atoms with Gasteiger partial charge in [0.15, 0.2) is 0 Å². The Morgan fingerprint density at radius 2 is 1.54 bits per heavy atom. The van der Waals surface area contributed by atoms with Crippen molar-refractivity contribution in [1.29, 1.82) is 0 Å². The Hall–Kier alpha value is -1.19. The van der Waals surface area contributed by atoms with Crippen LogP contribution in [0.5, 0.6) is 0 Å². The number of hydrogen-bond donors (Lipinski definition) is 0. The van der Waals surface area contributed by atoms with Gasteiger partial charge in [-0.3, -0.25) is 9.59 Å². The second-order valence-electron chi connectivity index (χ2n) is 3.78. The van der Waals surface area contributed by atoms with Crippen molar-refractivity contribution in [3.8, 4) is 0 Å². The molecule has 3 nitrogen and oxygen atoms in total. The average Bonchev–Trinajstić information content (AvgIpc) is 2.67. The van der Waals surface area contributed by atoms with Gasteiger partial charge in [0, 0.05) is 11.8 Å². The smallest absolute Gasteiger partial charge is 0.318 e. The summed E-state index contributed by atoms with van der Waals surface area (Å²) < 4.78 is 17.9. The minimum Gasteiger partial charge on any atom is -0.393 e. The molecule has 0 aromatic heterocycles. The van der Waals surface area contributed by atoms with E-state index in [1.54, 1.807) is 12.2 Å². The zero-order chi connectivity index (χ0) is 9.16. The molecule has 0 spiro atoms. The van der Waals surface area contributed by atoms with E-state index in [0.717, 1.165) is 0 Å². The molecule has 13 heavy (non-hydrogen) atoms. The first-order chi connectivity index (χ1) is 6.20. The normalized spacial score (nSPS) is 51.3. The first-order valence-electron chi connectivity index (χ1n) is 4.28. The first-order valence-corrected chi connectivity index (χ1v) is 4.28. The maximum absolute atomic E-state index is 13.4. The summed E-state index contributed by atoms with van der Waals surface area (Å²) in [6.07, 6.45) is 2.32. The Labute approximate surface area is 73.6 Å². The molecule has 4 atom stereocenters. The lowest BCUT2D eigenvalue weighted by Gasteiger charge is -2.11. The molecule has 2 aliphatic carbocycles. The van der Waals surface area contributed by atoms with Gasteiger partial charge in [0.05, 0.1) is 11.8 Å². The molecule has 68 valence electrons. The number of alkyl halides is 1. The number of hydrogen-bond acceptors (Lipinski definition) is 3. The maximum Gasteiger partial charge on any atom is 0.318 e. The van der Waals surface area contributed by atoms with Gasteiger partial charge in [-0.25, -0.2) is 4.39 Å². The summed E-state index contributed by atoms with van der Waals surface area (Å²) in [5.41, 5.74) is 0. The highest BCUT2D eigenvalue weighted by Gasteiger charge is 2.63. The second kappa shape index (κ2) is 2.00. The molecule has 2 bridgehead atoms. The average molecular weight is 182 g/mol. The van der Waals surface area contributed by atoms with E-state index >= 15 is 0 Å². The molecule has 1 heterocycles. The number of halogens is 1. The highest BCUT2D eigenvalue weighted by atomic mass is 19.1. The zero-order valence-corrected chi connectivity index (χ0v) is 6.64. The highest BCUT2D eigenvalue weighted by Crippen LogP contribution is 2.53. The summed E-state index contributed by atoms with van der Waals surface area (Å²) in [7, 11) is 0. The summed E-state index contributed by atoms with van der Waals surface area (Å²) in [5.74, 6) is -3.03. The highest BCUT2D eigenvalue weighted by molar-refractivity contribution is 5.98. The van der Waals surface area contributed by atoms with Crippen molar-refractivity contribution in [1.82, 2.24) is 0 Å². The van der Waals surface area contributed by atoms with Gasteiger partial charge in [-0.1, -0.05) is 12.2 Å². The monoisotopic (exact) mass is 182 g/mol. The fraction of sp³-hybridized carbons (Fsp3) is 0.556. The molecule has 4 heteroatoms. The molecular weight excluding hydrogens is 175 g/mol. The van der Waals surface area contributed by atoms with Gasteiger partial charge >= 0.3 is 11.9 Å². The standard InChI is InChI=1S/C9H7FO3/c10-7-3-1-2-4(7)6-5(3)8(11)13-9(6)12/h1-7H. The van der Waals surface area contributed by atoms with Crippen LogP contribution < -0.4 is 0 Å². The number of fused-ring (bicyclic) bond motifs is 5. The summed E-state index contributed by atoms with van der Waals surface area (Å²) in [6, 6.07) is 0. The molecule has 1 saturated carbocycles. The SMILES string of the molecule is O=C1OC(=O)C2C3C=CC(C3F)C12. The molecule has 3 rings (SSSR count). The Bertz CT molecular complexity index is 306. The molecular formula is C9H7FO3. The van der Waals surface area contributed by atoms with Gasteiger partial charge in [0.25, 0.3) is 0 Å². The molecule has 0 N–H and O–H groups in total. The molecule has 0 radical (unpaired) electrons. The molecule has 0 aromatic carbocycles. The number of carbonyl (C=O) groups excluding carboxylic acids is 2. The van der Waals surface area contributed by atoms with Crippen molar-refractivity contribution in [3.05, 3.63) is 12.2 Å². The number of esters is 2. The van der Waals surface area contributed by atoms with Gasteiger partial charge < -0.3 is 4.74 Å². The number of cyclic esters (lactones) is 2. The van der Waals surface area contributed by atoms with Crippen LogP contribution in [-0.4, -0.2) is 18.1 Å². The predicted molar refractivity (Wildman–Crippen MR) is 39.1 cm³/mol. The van der Waals surface area contributed by atoms with E-state index < -0.39 is 41.8 Å². The predicted octanol–water partition coefficient (Wildman–Crippen LogP) is 0.456. The fourth-order valence-corrected chi connectivity index (χ4v) is 2.68. The van der Waals surface area contributed by atoms with Gasteiger partial charge in [-0.05, 0) is 0 Å². The van der Waals surface area contributed by atoms with Crippen molar-refractivity contribution in [2.45, 2.75) is 6.17 Å². The minimum atomic E-state index is -1.06. The molecule has 1 saturated heterocycles. The van der Waals surface area contributed by atoms with Gasteiger partial charge in [-0.2, -0.15) is 0 Å². The summed E-state index contributed by atoms with van der Waals surface area (Å²) in [5, 5.41) is 0. The first kappa shape index (κ1) is 7.24. The number of allylic oxidation sites excluding steroid dienone is 2. The fourth-order valence-electron chi connectivity index (χ4n) is 2.68. The Morgan fingerprint density at radius 3 is 2.00 bits per heavy atom. The number of carbonyl (C=O) groups is 2. The van der Waals surface area contributed by atoms with Gasteiger partial charge in [0.1, 0.15) is 6.17 Å². The van der Waals surface area contributed by atoms with Crippen LogP contribution >= 0.6 is 0 Å². The van der Waals surface area contributed by atoms with E-state index in [4.69, 9.17) is 0 Å². The molecule has 0 aromatic rings. The number of ether oxygens (including phenoxy) is 1. The molecule has 2 fully saturated rings. The third-order valence-electron chi connectivity index (χ3n) is 3.25. The third kappa shape index (κ3) is 0.654. The van der Waals surface area contributed by atoms with E-state index in [1.807, 2.05) is 0 Å². The Morgan fingerprint density at radius 1 is 1.08 bits per heavy atom. The van der Waals surface area contributed by atoms with Crippen LogP contribution in [-0.2, 0) is 14.3 Å². The van der Waals surface area contributed by atoms with Crippen LogP contribution in [0.25, 0.3) is 0 Å². The van der Waals surface area contributed by atoms with Crippen molar-refractivity contribution in [3.63, 3.8) is 0 Å². The summed E-state index contributed by atoms with van der Waals surface area (Å²) >= 11 is 0. The third-order valence-corrected chi connectivity index (χ3v) is 3.25. The van der Waals surface area contributed by atoms with Crippen LogP contribution in [0.15, 0.2) is 12.2 Å². The lowest BCUT2D eigenvalue weighted by atomic mass is 9.85. The largest absolute Gasteiger partial charge is 0.393 e. The topological polar surface area (TPSA) is 43.4 Å². The minimum absolute atomic E-state index is 0.422. The van der Waals surface area contributed by atoms with Crippen molar-refractivity contribution >= 4 is 11.9 Å². The van der Waals surface area contributed by atoms with E-state index in [9.17, 15) is 14.0 Å².